The summed E-state index contributed by atoms with van der Waals surface area (Å²) in [5.41, 5.74) is 3.37. The molecule has 0 saturated carbocycles. The van der Waals surface area contributed by atoms with Gasteiger partial charge in [-0.1, -0.05) is 72.8 Å². The number of benzene rings is 4. The Morgan fingerprint density at radius 3 is 2.00 bits per heavy atom. The van der Waals surface area contributed by atoms with Gasteiger partial charge in [0.15, 0.2) is 5.66 Å². The number of ketones is 1. The van der Waals surface area contributed by atoms with Crippen molar-refractivity contribution in [3.8, 4) is 5.75 Å². The largest absolute Gasteiger partial charge is 0.497 e. The monoisotopic (exact) mass is 473 g/mol. The third-order valence-electron chi connectivity index (χ3n) is 6.66. The van der Waals surface area contributed by atoms with Gasteiger partial charge in [0.2, 0.25) is 0 Å². The van der Waals surface area contributed by atoms with Crippen LogP contribution < -0.4 is 20.3 Å². The molecular formula is C30H23N3O3. The summed E-state index contributed by atoms with van der Waals surface area (Å²) < 4.78 is 5.33. The minimum atomic E-state index is -1.30. The van der Waals surface area contributed by atoms with Crippen LogP contribution in [0.1, 0.15) is 11.1 Å². The highest BCUT2D eigenvalue weighted by Crippen LogP contribution is 2.51. The van der Waals surface area contributed by atoms with Crippen molar-refractivity contribution in [2.75, 3.05) is 22.6 Å². The number of para-hydroxylation sites is 2. The zero-order valence-corrected chi connectivity index (χ0v) is 19.6. The Morgan fingerprint density at radius 2 is 1.33 bits per heavy atom. The van der Waals surface area contributed by atoms with Gasteiger partial charge >= 0.3 is 5.91 Å². The molecule has 4 aromatic rings. The van der Waals surface area contributed by atoms with Crippen LogP contribution in [0.15, 0.2) is 115 Å². The Hall–Kier alpha value is -4.84. The molecule has 6 heteroatoms. The van der Waals surface area contributed by atoms with Gasteiger partial charge in [-0.25, -0.2) is 0 Å². The van der Waals surface area contributed by atoms with Crippen LogP contribution in [-0.4, -0.2) is 18.8 Å². The molecule has 2 aliphatic heterocycles. The molecule has 6 nitrogen and oxygen atoms in total. The molecule has 2 heterocycles. The fourth-order valence-corrected chi connectivity index (χ4v) is 5.03. The van der Waals surface area contributed by atoms with Crippen LogP contribution in [0.3, 0.4) is 0 Å². The normalized spacial score (nSPS) is 18.6. The van der Waals surface area contributed by atoms with E-state index >= 15 is 0 Å². The molecule has 4 aromatic carbocycles. The smallest absolute Gasteiger partial charge is 0.301 e. The number of rotatable bonds is 4. The Labute approximate surface area is 208 Å². The van der Waals surface area contributed by atoms with Crippen molar-refractivity contribution in [2.24, 2.45) is 0 Å². The molecule has 0 bridgehead atoms. The average molecular weight is 474 g/mol. The van der Waals surface area contributed by atoms with E-state index in [9.17, 15) is 9.59 Å². The molecule has 0 aliphatic carbocycles. The molecule has 1 amide bonds. The SMILES string of the molecule is COc1ccc(N2C(=O)C(=O)C3=C(c4ccccc4)Nc4ccccc4N[C@@]32c2ccccc2)cc1. The highest BCUT2D eigenvalue weighted by Gasteiger charge is 2.59. The minimum Gasteiger partial charge on any atom is -0.497 e. The second-order valence-corrected chi connectivity index (χ2v) is 8.66. The molecule has 0 aromatic heterocycles. The van der Waals surface area contributed by atoms with E-state index in [0.717, 1.165) is 22.5 Å². The number of hydrogen-bond donors (Lipinski definition) is 2. The molecule has 1 fully saturated rings. The zero-order valence-electron chi connectivity index (χ0n) is 19.6. The molecule has 2 aliphatic rings. The zero-order chi connectivity index (χ0) is 24.7. The van der Waals surface area contributed by atoms with Gasteiger partial charge in [0.25, 0.3) is 5.78 Å². The van der Waals surface area contributed by atoms with Gasteiger partial charge in [-0.2, -0.15) is 0 Å². The third kappa shape index (κ3) is 3.19. The number of ether oxygens (including phenoxy) is 1. The van der Waals surface area contributed by atoms with Crippen molar-refractivity contribution in [1.29, 1.82) is 0 Å². The molecule has 1 saturated heterocycles. The second-order valence-electron chi connectivity index (χ2n) is 8.66. The summed E-state index contributed by atoms with van der Waals surface area (Å²) in [6, 6.07) is 34.2. The molecule has 0 unspecified atom stereocenters. The van der Waals surface area contributed by atoms with Crippen molar-refractivity contribution in [3.05, 3.63) is 126 Å². The van der Waals surface area contributed by atoms with Gasteiger partial charge in [-0.3, -0.25) is 14.5 Å². The molecule has 0 radical (unpaired) electrons. The number of amides is 1. The minimum absolute atomic E-state index is 0.344. The van der Waals surface area contributed by atoms with Crippen molar-refractivity contribution >= 4 is 34.4 Å². The molecule has 6 rings (SSSR count). The van der Waals surface area contributed by atoms with Crippen LogP contribution in [0.2, 0.25) is 0 Å². The van der Waals surface area contributed by atoms with E-state index < -0.39 is 17.4 Å². The fourth-order valence-electron chi connectivity index (χ4n) is 5.03. The number of methoxy groups -OCH3 is 1. The van der Waals surface area contributed by atoms with Gasteiger partial charge < -0.3 is 15.4 Å². The molecular weight excluding hydrogens is 450 g/mol. The first-order chi connectivity index (χ1) is 17.6. The first-order valence-corrected chi connectivity index (χ1v) is 11.7. The van der Waals surface area contributed by atoms with Gasteiger partial charge in [0, 0.05) is 11.3 Å². The van der Waals surface area contributed by atoms with Gasteiger partial charge in [-0.05, 0) is 42.0 Å². The summed E-state index contributed by atoms with van der Waals surface area (Å²) in [7, 11) is 1.59. The maximum absolute atomic E-state index is 14.0. The number of hydrogen-bond acceptors (Lipinski definition) is 5. The maximum atomic E-state index is 14.0. The second kappa shape index (κ2) is 8.43. The van der Waals surface area contributed by atoms with E-state index in [1.54, 1.807) is 36.3 Å². The lowest BCUT2D eigenvalue weighted by atomic mass is 9.87. The van der Waals surface area contributed by atoms with Crippen molar-refractivity contribution < 1.29 is 14.3 Å². The molecule has 36 heavy (non-hydrogen) atoms. The highest BCUT2D eigenvalue weighted by molar-refractivity contribution is 6.53. The lowest BCUT2D eigenvalue weighted by molar-refractivity contribution is -0.132. The predicted octanol–water partition coefficient (Wildman–Crippen LogP) is 5.41. The Morgan fingerprint density at radius 1 is 0.722 bits per heavy atom. The van der Waals surface area contributed by atoms with E-state index in [0.29, 0.717) is 22.7 Å². The van der Waals surface area contributed by atoms with Gasteiger partial charge in [0.05, 0.1) is 29.8 Å². The van der Waals surface area contributed by atoms with Crippen LogP contribution >= 0.6 is 0 Å². The summed E-state index contributed by atoms with van der Waals surface area (Å²) in [6.45, 7) is 0. The number of fused-ring (bicyclic) bond motifs is 2. The van der Waals surface area contributed by atoms with Crippen LogP contribution in [0.5, 0.6) is 5.75 Å². The fraction of sp³-hybridized carbons (Fsp3) is 0.0667. The standard InChI is InChI=1S/C30H23N3O3/c1-36-23-18-16-22(17-19-23)33-29(35)28(34)26-27(20-10-4-2-5-11-20)31-24-14-8-9-15-25(24)32-30(26,33)21-12-6-3-7-13-21/h2-19,31-32H,1H3/t30-/m1/s1. The molecule has 1 atom stereocenters. The Balaban J connectivity index is 1.72. The van der Waals surface area contributed by atoms with Crippen molar-refractivity contribution in [1.82, 2.24) is 0 Å². The average Bonchev–Trinajstić information content (AvgIpc) is 3.06. The van der Waals surface area contributed by atoms with Crippen LogP contribution in [0.4, 0.5) is 17.1 Å². The van der Waals surface area contributed by atoms with Gasteiger partial charge in [0.1, 0.15) is 5.75 Å². The summed E-state index contributed by atoms with van der Waals surface area (Å²) >= 11 is 0. The molecule has 0 spiro atoms. The number of nitrogens with zero attached hydrogens (tertiary/aromatic N) is 1. The first-order valence-electron chi connectivity index (χ1n) is 11.7. The molecule has 176 valence electrons. The summed E-state index contributed by atoms with van der Waals surface area (Å²) in [4.78, 5) is 29.4. The number of anilines is 3. The first kappa shape index (κ1) is 21.7. The topological polar surface area (TPSA) is 70.7 Å². The van der Waals surface area contributed by atoms with E-state index in [1.807, 2.05) is 84.9 Å². The summed E-state index contributed by atoms with van der Waals surface area (Å²) in [6.07, 6.45) is 0. The third-order valence-corrected chi connectivity index (χ3v) is 6.66. The summed E-state index contributed by atoms with van der Waals surface area (Å²) in [5, 5.41) is 7.10. The van der Waals surface area contributed by atoms with Crippen LogP contribution in [0, 0.1) is 0 Å². The van der Waals surface area contributed by atoms with Crippen LogP contribution in [0.25, 0.3) is 5.70 Å². The van der Waals surface area contributed by atoms with E-state index in [4.69, 9.17) is 4.74 Å². The van der Waals surface area contributed by atoms with E-state index in [2.05, 4.69) is 10.6 Å². The lowest BCUT2D eigenvalue weighted by Gasteiger charge is -2.40. The maximum Gasteiger partial charge on any atom is 0.301 e. The number of Topliss-reactive ketones (excluding diaryl/α,β-unsaturated/α-hetero) is 1. The van der Waals surface area contributed by atoms with Crippen molar-refractivity contribution in [2.45, 2.75) is 5.66 Å². The van der Waals surface area contributed by atoms with Crippen LogP contribution in [-0.2, 0) is 15.3 Å². The lowest BCUT2D eigenvalue weighted by Crippen LogP contribution is -2.50. The molecule has 2 N–H and O–H groups in total. The highest BCUT2D eigenvalue weighted by atomic mass is 16.5. The quantitative estimate of drug-likeness (QED) is 0.388. The van der Waals surface area contributed by atoms with Gasteiger partial charge in [-0.15, -0.1) is 0 Å². The summed E-state index contributed by atoms with van der Waals surface area (Å²) in [5.74, 6) is -0.519. The number of carbonyl (C=O) groups excluding carboxylic acids is 2. The number of carbonyl (C=O) groups is 2. The van der Waals surface area contributed by atoms with Crippen molar-refractivity contribution in [3.63, 3.8) is 0 Å². The van der Waals surface area contributed by atoms with E-state index in [1.165, 1.54) is 0 Å². The Kier molecular flexibility index (Phi) is 5.08. The number of nitrogens with one attached hydrogen (secondary N) is 2. The van der Waals surface area contributed by atoms with E-state index in [-0.39, 0.29) is 0 Å². The Bertz CT molecular complexity index is 1500. The predicted molar refractivity (Wildman–Crippen MR) is 141 cm³/mol.